The van der Waals surface area contributed by atoms with Crippen LogP contribution in [-0.4, -0.2) is 12.5 Å². The van der Waals surface area contributed by atoms with Crippen molar-refractivity contribution in [1.29, 1.82) is 0 Å². The van der Waals surface area contributed by atoms with Gasteiger partial charge in [0.2, 0.25) is 0 Å². The highest BCUT2D eigenvalue weighted by Gasteiger charge is 2.46. The summed E-state index contributed by atoms with van der Waals surface area (Å²) < 4.78 is 0. The summed E-state index contributed by atoms with van der Waals surface area (Å²) in [5, 5.41) is 11.9. The fourth-order valence-corrected chi connectivity index (χ4v) is 6.20. The van der Waals surface area contributed by atoms with Crippen molar-refractivity contribution in [2.45, 2.75) is 5.41 Å². The molecule has 1 nitrogen and oxygen atoms in total. The van der Waals surface area contributed by atoms with Crippen LogP contribution in [0.2, 0.25) is 0 Å². The summed E-state index contributed by atoms with van der Waals surface area (Å²) in [5.41, 5.74) is 10.5. The van der Waals surface area contributed by atoms with Crippen molar-refractivity contribution in [3.05, 3.63) is 162 Å². The molecule has 1 radical (unpaired) electrons. The number of fused-ring (bicyclic) bond motifs is 5. The second-order valence-corrected chi connectivity index (χ2v) is 9.70. The van der Waals surface area contributed by atoms with Crippen LogP contribution in [0, 0.1) is 0 Å². The van der Waals surface area contributed by atoms with E-state index in [0.717, 1.165) is 24.1 Å². The molecular formula is C35H24BO. The predicted molar refractivity (Wildman–Crippen MR) is 154 cm³/mol. The molecule has 2 heteroatoms. The Morgan fingerprint density at radius 2 is 1.11 bits per heavy atom. The van der Waals surface area contributed by atoms with E-state index >= 15 is 0 Å². The average molecular weight is 471 g/mol. The first-order valence-electron chi connectivity index (χ1n) is 12.7. The van der Waals surface area contributed by atoms with Crippen LogP contribution < -0.4 is 5.46 Å². The Balaban J connectivity index is 1.51. The van der Waals surface area contributed by atoms with E-state index in [1.54, 1.807) is 0 Å². The van der Waals surface area contributed by atoms with Gasteiger partial charge in [0.25, 0.3) is 0 Å². The molecule has 0 amide bonds. The van der Waals surface area contributed by atoms with Gasteiger partial charge in [0.1, 0.15) is 0 Å². The molecule has 1 aliphatic rings. The first-order valence-corrected chi connectivity index (χ1v) is 12.7. The molecule has 6 aromatic rings. The van der Waals surface area contributed by atoms with Crippen molar-refractivity contribution in [1.82, 2.24) is 0 Å². The smallest absolute Gasteiger partial charge is 0.326 e. The fraction of sp³-hybridized carbons (Fsp3) is 0.0286. The van der Waals surface area contributed by atoms with Crippen LogP contribution in [0.15, 0.2) is 140 Å². The van der Waals surface area contributed by atoms with Crippen molar-refractivity contribution >= 4 is 23.7 Å². The zero-order valence-electron chi connectivity index (χ0n) is 20.3. The minimum absolute atomic E-state index is 0.411. The topological polar surface area (TPSA) is 20.2 Å². The van der Waals surface area contributed by atoms with Gasteiger partial charge in [-0.1, -0.05) is 145 Å². The minimum atomic E-state index is -0.411. The van der Waals surface area contributed by atoms with Gasteiger partial charge in [-0.2, -0.15) is 0 Å². The van der Waals surface area contributed by atoms with Crippen molar-refractivity contribution in [3.8, 4) is 22.3 Å². The number of hydrogen-bond acceptors (Lipinski definition) is 1. The van der Waals surface area contributed by atoms with Gasteiger partial charge in [0.05, 0.1) is 5.41 Å². The third-order valence-corrected chi connectivity index (χ3v) is 7.85. The molecule has 1 N–H and O–H groups in total. The summed E-state index contributed by atoms with van der Waals surface area (Å²) >= 11 is 0. The lowest BCUT2D eigenvalue weighted by atomic mass is 9.67. The summed E-state index contributed by atoms with van der Waals surface area (Å²) in [6.45, 7) is 0. The van der Waals surface area contributed by atoms with Crippen molar-refractivity contribution < 1.29 is 5.02 Å². The van der Waals surface area contributed by atoms with Crippen LogP contribution in [0.5, 0.6) is 0 Å². The maximum absolute atomic E-state index is 9.29. The molecule has 0 saturated carbocycles. The second-order valence-electron chi connectivity index (χ2n) is 9.70. The number of hydrogen-bond donors (Lipinski definition) is 1. The SMILES string of the molecule is O[B]c1ccc(-c2ccc(C3(c4ccccc4)c4ccccc4-c4c3ccc3ccccc43)cc2)cc1. The maximum Gasteiger partial charge on any atom is 0.326 e. The van der Waals surface area contributed by atoms with Crippen LogP contribution >= 0.6 is 0 Å². The zero-order chi connectivity index (χ0) is 24.8. The Labute approximate surface area is 218 Å². The lowest BCUT2D eigenvalue weighted by Gasteiger charge is -2.34. The molecule has 37 heavy (non-hydrogen) atoms. The van der Waals surface area contributed by atoms with Gasteiger partial charge in [-0.3, -0.25) is 0 Å². The van der Waals surface area contributed by atoms with Gasteiger partial charge in [-0.25, -0.2) is 0 Å². The van der Waals surface area contributed by atoms with Crippen LogP contribution in [0.25, 0.3) is 33.0 Å². The average Bonchev–Trinajstić information content (AvgIpc) is 3.29. The highest BCUT2D eigenvalue weighted by molar-refractivity contribution is 6.45. The highest BCUT2D eigenvalue weighted by atomic mass is 16.2. The van der Waals surface area contributed by atoms with E-state index < -0.39 is 5.41 Å². The normalized spacial score (nSPS) is 15.8. The Morgan fingerprint density at radius 3 is 1.86 bits per heavy atom. The lowest BCUT2D eigenvalue weighted by molar-refractivity contribution is 0.615. The van der Waals surface area contributed by atoms with Crippen LogP contribution in [0.3, 0.4) is 0 Å². The van der Waals surface area contributed by atoms with Gasteiger partial charge < -0.3 is 5.02 Å². The molecule has 0 saturated heterocycles. The van der Waals surface area contributed by atoms with Crippen molar-refractivity contribution in [2.75, 3.05) is 0 Å². The number of rotatable bonds is 4. The van der Waals surface area contributed by atoms with E-state index in [9.17, 15) is 5.02 Å². The molecule has 6 aromatic carbocycles. The zero-order valence-corrected chi connectivity index (χ0v) is 20.3. The lowest BCUT2D eigenvalue weighted by Crippen LogP contribution is -2.28. The summed E-state index contributed by atoms with van der Waals surface area (Å²) in [7, 11) is 1.13. The van der Waals surface area contributed by atoms with Gasteiger partial charge in [0.15, 0.2) is 0 Å². The van der Waals surface area contributed by atoms with E-state index in [-0.39, 0.29) is 0 Å². The highest BCUT2D eigenvalue weighted by Crippen LogP contribution is 2.57. The third kappa shape index (κ3) is 3.23. The van der Waals surface area contributed by atoms with Gasteiger partial charge in [0, 0.05) is 0 Å². The summed E-state index contributed by atoms with van der Waals surface area (Å²) in [4.78, 5) is 0. The van der Waals surface area contributed by atoms with Gasteiger partial charge in [-0.05, 0) is 55.3 Å². The molecule has 0 aromatic heterocycles. The maximum atomic E-state index is 9.29. The largest absolute Gasteiger partial charge is 0.450 e. The molecule has 173 valence electrons. The Bertz CT molecular complexity index is 1740. The molecule has 0 bridgehead atoms. The van der Waals surface area contributed by atoms with E-state index in [1.165, 1.54) is 44.2 Å². The molecule has 0 aliphatic heterocycles. The first kappa shape index (κ1) is 21.9. The quantitative estimate of drug-likeness (QED) is 0.271. The van der Waals surface area contributed by atoms with E-state index in [0.29, 0.717) is 0 Å². The van der Waals surface area contributed by atoms with E-state index in [4.69, 9.17) is 0 Å². The van der Waals surface area contributed by atoms with Crippen LogP contribution in [0.4, 0.5) is 0 Å². The van der Waals surface area contributed by atoms with Gasteiger partial charge in [-0.15, -0.1) is 0 Å². The monoisotopic (exact) mass is 471 g/mol. The molecule has 1 aliphatic carbocycles. The summed E-state index contributed by atoms with van der Waals surface area (Å²) in [6, 6.07) is 50.1. The standard InChI is InChI=1S/C35H24BO/c37-36-29-21-16-25(17-22-29)24-14-19-28(20-15-24)35(27-9-2-1-3-10-27)32-13-7-6-12-31(32)34-30-11-5-4-8-26(30)18-23-33(34)35/h1-23,37H. The van der Waals surface area contributed by atoms with E-state index in [1.807, 2.05) is 12.1 Å². The molecule has 1 unspecified atom stereocenters. The van der Waals surface area contributed by atoms with Gasteiger partial charge >= 0.3 is 7.48 Å². The predicted octanol–water partition coefficient (Wildman–Crippen LogP) is 7.11. The molecule has 0 fully saturated rings. The van der Waals surface area contributed by atoms with Crippen LogP contribution in [0.1, 0.15) is 22.3 Å². The van der Waals surface area contributed by atoms with Crippen molar-refractivity contribution in [3.63, 3.8) is 0 Å². The van der Waals surface area contributed by atoms with Crippen LogP contribution in [-0.2, 0) is 5.41 Å². The molecule has 0 heterocycles. The molecular weight excluding hydrogens is 447 g/mol. The second kappa shape index (κ2) is 8.62. The Hall–Kier alpha value is -4.40. The molecule has 7 rings (SSSR count). The molecule has 1 atom stereocenters. The first-order chi connectivity index (χ1) is 18.3. The van der Waals surface area contributed by atoms with E-state index in [2.05, 4.69) is 127 Å². The third-order valence-electron chi connectivity index (χ3n) is 7.85. The Kier molecular flexibility index (Phi) is 5.09. The van der Waals surface area contributed by atoms with Crippen molar-refractivity contribution in [2.24, 2.45) is 0 Å². The number of benzene rings is 6. The Morgan fingerprint density at radius 1 is 0.486 bits per heavy atom. The summed E-state index contributed by atoms with van der Waals surface area (Å²) in [5.74, 6) is 0. The molecule has 0 spiro atoms. The fourth-order valence-electron chi connectivity index (χ4n) is 6.20. The minimum Gasteiger partial charge on any atom is -0.450 e. The summed E-state index contributed by atoms with van der Waals surface area (Å²) in [6.07, 6.45) is 0.